The van der Waals surface area contributed by atoms with Gasteiger partial charge in [-0.25, -0.2) is 4.68 Å². The average Bonchev–Trinajstić information content (AvgIpc) is 3.50. The molecule has 0 bridgehead atoms. The van der Waals surface area contributed by atoms with Crippen LogP contribution in [0.1, 0.15) is 48.6 Å². The Bertz CT molecular complexity index is 1230. The Kier molecular flexibility index (Phi) is 5.94. The highest BCUT2D eigenvalue weighted by molar-refractivity contribution is 5.80. The third kappa shape index (κ3) is 4.28. The molecule has 2 aliphatic heterocycles. The van der Waals surface area contributed by atoms with Gasteiger partial charge in [0, 0.05) is 30.5 Å². The molecule has 2 aliphatic rings. The van der Waals surface area contributed by atoms with E-state index >= 15 is 0 Å². The van der Waals surface area contributed by atoms with E-state index in [9.17, 15) is 0 Å². The number of ether oxygens (including phenoxy) is 1. The van der Waals surface area contributed by atoms with E-state index < -0.39 is 0 Å². The van der Waals surface area contributed by atoms with Crippen LogP contribution in [-0.2, 0) is 23.1 Å². The molecule has 0 radical (unpaired) electrons. The van der Waals surface area contributed by atoms with Crippen molar-refractivity contribution >= 4 is 10.9 Å². The van der Waals surface area contributed by atoms with Crippen molar-refractivity contribution < 1.29 is 4.74 Å². The van der Waals surface area contributed by atoms with E-state index in [0.29, 0.717) is 0 Å². The van der Waals surface area contributed by atoms with Gasteiger partial charge in [-0.2, -0.15) is 5.10 Å². The van der Waals surface area contributed by atoms with E-state index in [-0.39, 0.29) is 11.6 Å². The zero-order chi connectivity index (χ0) is 22.8. The van der Waals surface area contributed by atoms with Gasteiger partial charge in [-0.3, -0.25) is 4.90 Å². The Morgan fingerprint density at radius 3 is 2.47 bits per heavy atom. The van der Waals surface area contributed by atoms with Crippen LogP contribution in [0.2, 0.25) is 0 Å². The van der Waals surface area contributed by atoms with Crippen LogP contribution in [-0.4, -0.2) is 34.4 Å². The number of rotatable bonds is 6. The van der Waals surface area contributed by atoms with E-state index in [1.165, 1.54) is 40.4 Å². The number of nitrogens with zero attached hydrogens (tertiary/aromatic N) is 3. The fraction of sp³-hybridized carbons (Fsp3) is 0.367. The number of hydrogen-bond donors (Lipinski definition) is 0. The fourth-order valence-corrected chi connectivity index (χ4v) is 5.93. The molecule has 3 heterocycles. The first-order valence-electron chi connectivity index (χ1n) is 12.7. The van der Waals surface area contributed by atoms with E-state index in [1.54, 1.807) is 0 Å². The van der Waals surface area contributed by atoms with Gasteiger partial charge in [-0.1, -0.05) is 66.7 Å². The molecule has 2 unspecified atom stereocenters. The number of benzene rings is 3. The summed E-state index contributed by atoms with van der Waals surface area (Å²) >= 11 is 0. The summed E-state index contributed by atoms with van der Waals surface area (Å²) < 4.78 is 8.12. The summed E-state index contributed by atoms with van der Waals surface area (Å²) in [5, 5.41) is 5.97. The summed E-state index contributed by atoms with van der Waals surface area (Å²) in [7, 11) is 0. The summed E-state index contributed by atoms with van der Waals surface area (Å²) in [6.07, 6.45) is 7.74. The van der Waals surface area contributed by atoms with Crippen molar-refractivity contribution in [3.63, 3.8) is 0 Å². The Morgan fingerprint density at radius 1 is 0.912 bits per heavy atom. The van der Waals surface area contributed by atoms with E-state index in [0.717, 1.165) is 45.5 Å². The number of aromatic nitrogens is 2. The smallest absolute Gasteiger partial charge is 0.150 e. The van der Waals surface area contributed by atoms with Crippen molar-refractivity contribution in [1.29, 1.82) is 0 Å². The molecular formula is C30H33N3O. The largest absolute Gasteiger partial charge is 0.356 e. The van der Waals surface area contributed by atoms with E-state index in [4.69, 9.17) is 9.84 Å². The maximum Gasteiger partial charge on any atom is 0.150 e. The van der Waals surface area contributed by atoms with Crippen molar-refractivity contribution in [1.82, 2.24) is 14.7 Å². The number of hydrogen-bond acceptors (Lipinski definition) is 3. The molecule has 0 aliphatic carbocycles. The first kappa shape index (κ1) is 21.6. The van der Waals surface area contributed by atoms with Gasteiger partial charge in [0.15, 0.2) is 6.23 Å². The second kappa shape index (κ2) is 9.36. The van der Waals surface area contributed by atoms with Gasteiger partial charge in [0.25, 0.3) is 0 Å². The molecule has 2 atom stereocenters. The Hall–Kier alpha value is -2.95. The van der Waals surface area contributed by atoms with Crippen LogP contribution in [0, 0.1) is 0 Å². The monoisotopic (exact) mass is 451 g/mol. The first-order chi connectivity index (χ1) is 16.8. The SMILES string of the molecule is c1ccc(CN2CCC(Cc3ccccc3)(c3ccc4c(cnn4C4CCCCO4)c3)C2)cc1. The molecule has 0 saturated carbocycles. The Labute approximate surface area is 202 Å². The zero-order valence-corrected chi connectivity index (χ0v) is 19.8. The van der Waals surface area contributed by atoms with Crippen LogP contribution < -0.4 is 0 Å². The molecule has 4 heteroatoms. The second-order valence-corrected chi connectivity index (χ2v) is 10.1. The molecule has 0 spiro atoms. The minimum absolute atomic E-state index is 0.0724. The highest BCUT2D eigenvalue weighted by Gasteiger charge is 2.40. The zero-order valence-electron chi connectivity index (χ0n) is 19.8. The van der Waals surface area contributed by atoms with Crippen LogP contribution in [0.4, 0.5) is 0 Å². The molecule has 34 heavy (non-hydrogen) atoms. The van der Waals surface area contributed by atoms with Crippen molar-refractivity contribution in [3.05, 3.63) is 102 Å². The van der Waals surface area contributed by atoms with Crippen LogP contribution in [0.3, 0.4) is 0 Å². The van der Waals surface area contributed by atoms with Crippen molar-refractivity contribution in [2.24, 2.45) is 0 Å². The Morgan fingerprint density at radius 2 is 1.71 bits per heavy atom. The van der Waals surface area contributed by atoms with E-state index in [2.05, 4.69) is 88.4 Å². The molecule has 2 fully saturated rings. The maximum absolute atomic E-state index is 6.02. The van der Waals surface area contributed by atoms with Gasteiger partial charge in [0.05, 0.1) is 11.7 Å². The lowest BCUT2D eigenvalue weighted by atomic mass is 9.74. The summed E-state index contributed by atoms with van der Waals surface area (Å²) in [6, 6.07) is 28.9. The van der Waals surface area contributed by atoms with Gasteiger partial charge >= 0.3 is 0 Å². The van der Waals surface area contributed by atoms with Crippen LogP contribution in [0.25, 0.3) is 10.9 Å². The predicted octanol–water partition coefficient (Wildman–Crippen LogP) is 6.12. The summed E-state index contributed by atoms with van der Waals surface area (Å²) in [5.74, 6) is 0. The molecule has 174 valence electrons. The first-order valence-corrected chi connectivity index (χ1v) is 12.7. The lowest BCUT2D eigenvalue weighted by Crippen LogP contribution is -2.33. The van der Waals surface area contributed by atoms with Gasteiger partial charge in [0.1, 0.15) is 0 Å². The fourth-order valence-electron chi connectivity index (χ4n) is 5.93. The lowest BCUT2D eigenvalue weighted by Gasteiger charge is -2.31. The molecule has 4 nitrogen and oxygen atoms in total. The van der Waals surface area contributed by atoms with Gasteiger partial charge < -0.3 is 4.74 Å². The van der Waals surface area contributed by atoms with Crippen molar-refractivity contribution in [2.45, 2.75) is 50.3 Å². The summed E-state index contributed by atoms with van der Waals surface area (Å²) in [4.78, 5) is 2.63. The molecule has 2 saturated heterocycles. The molecule has 0 amide bonds. The number of fused-ring (bicyclic) bond motifs is 1. The highest BCUT2D eigenvalue weighted by atomic mass is 16.5. The Balaban J connectivity index is 1.32. The average molecular weight is 452 g/mol. The topological polar surface area (TPSA) is 30.3 Å². The normalized spacial score (nSPS) is 23.5. The van der Waals surface area contributed by atoms with Crippen LogP contribution in [0.15, 0.2) is 85.1 Å². The van der Waals surface area contributed by atoms with Gasteiger partial charge in [0.2, 0.25) is 0 Å². The maximum atomic E-state index is 6.02. The van der Waals surface area contributed by atoms with Crippen molar-refractivity contribution in [2.75, 3.05) is 19.7 Å². The number of likely N-dealkylation sites (tertiary alicyclic amines) is 1. The summed E-state index contributed by atoms with van der Waals surface area (Å²) in [6.45, 7) is 4.04. The van der Waals surface area contributed by atoms with Crippen LogP contribution >= 0.6 is 0 Å². The minimum atomic E-state index is 0.0724. The molecule has 4 aromatic rings. The standard InChI is InChI=1S/C30H33N3O/c1-3-9-24(10-4-1)20-30(16-17-32(23-30)22-25-11-5-2-6-12-25)27-14-15-28-26(19-27)21-31-33(28)29-13-7-8-18-34-29/h1-6,9-12,14-15,19,21,29H,7-8,13,16-18,20,22-23H2. The second-order valence-electron chi connectivity index (χ2n) is 10.1. The minimum Gasteiger partial charge on any atom is -0.356 e. The molecular weight excluding hydrogens is 418 g/mol. The highest BCUT2D eigenvalue weighted by Crippen LogP contribution is 2.40. The molecule has 0 N–H and O–H groups in total. The van der Waals surface area contributed by atoms with Crippen LogP contribution in [0.5, 0.6) is 0 Å². The summed E-state index contributed by atoms with van der Waals surface area (Å²) in [5.41, 5.74) is 5.53. The van der Waals surface area contributed by atoms with Crippen molar-refractivity contribution in [3.8, 4) is 0 Å². The molecule has 6 rings (SSSR count). The van der Waals surface area contributed by atoms with Gasteiger partial charge in [-0.15, -0.1) is 0 Å². The third-order valence-corrected chi connectivity index (χ3v) is 7.70. The lowest BCUT2D eigenvalue weighted by molar-refractivity contribution is -0.0366. The molecule has 3 aromatic carbocycles. The quantitative estimate of drug-likeness (QED) is 0.354. The molecule has 1 aromatic heterocycles. The third-order valence-electron chi connectivity index (χ3n) is 7.70. The predicted molar refractivity (Wildman–Crippen MR) is 137 cm³/mol. The van der Waals surface area contributed by atoms with E-state index in [1.807, 2.05) is 6.20 Å². The van der Waals surface area contributed by atoms with Gasteiger partial charge in [-0.05, 0) is 67.5 Å².